The second-order valence-corrected chi connectivity index (χ2v) is 5.97. The van der Waals surface area contributed by atoms with E-state index in [1.54, 1.807) is 12.1 Å². The fraction of sp³-hybridized carbons (Fsp3) is 0.400. The number of alkyl halides is 1. The highest BCUT2D eigenvalue weighted by molar-refractivity contribution is 6.21. The van der Waals surface area contributed by atoms with Crippen molar-refractivity contribution in [2.75, 3.05) is 18.5 Å². The summed E-state index contributed by atoms with van der Waals surface area (Å²) in [4.78, 5) is 6.62. The molecule has 1 aliphatic rings. The average Bonchev–Trinajstić information content (AvgIpc) is 2.36. The van der Waals surface area contributed by atoms with Crippen molar-refractivity contribution in [3.63, 3.8) is 0 Å². The summed E-state index contributed by atoms with van der Waals surface area (Å²) in [6, 6.07) is 7.36. The number of rotatable bonds is 3. The Labute approximate surface area is 117 Å². The zero-order chi connectivity index (χ0) is 13.4. The highest BCUT2D eigenvalue weighted by Gasteiger charge is 2.28. The van der Waals surface area contributed by atoms with Crippen molar-refractivity contribution in [3.8, 4) is 5.75 Å². The maximum absolute atomic E-state index is 9.65. The molecule has 0 bridgehead atoms. The summed E-state index contributed by atoms with van der Waals surface area (Å²) in [5, 5.41) is 12.1. The maximum atomic E-state index is 9.65. The predicted octanol–water partition coefficient (Wildman–Crippen LogP) is 3.39. The number of hydrogen-bond acceptors (Lipinski definition) is 3. The number of pyridine rings is 1. The van der Waals surface area contributed by atoms with Crippen LogP contribution in [0, 0.1) is 5.92 Å². The van der Waals surface area contributed by atoms with Crippen LogP contribution >= 0.6 is 11.6 Å². The molecule has 1 aromatic carbocycles. The van der Waals surface area contributed by atoms with Gasteiger partial charge in [0.05, 0.1) is 0 Å². The zero-order valence-corrected chi connectivity index (χ0v) is 11.6. The summed E-state index contributed by atoms with van der Waals surface area (Å²) in [6.45, 7) is 0.963. The molecule has 100 valence electrons. The van der Waals surface area contributed by atoms with E-state index < -0.39 is 0 Å². The third-order valence-corrected chi connectivity index (χ3v) is 4.16. The van der Waals surface area contributed by atoms with Gasteiger partial charge >= 0.3 is 0 Å². The van der Waals surface area contributed by atoms with Crippen LogP contribution in [0.25, 0.3) is 10.8 Å². The molecule has 1 fully saturated rings. The molecule has 0 atom stereocenters. The van der Waals surface area contributed by atoms with E-state index in [0.717, 1.165) is 36.0 Å². The minimum Gasteiger partial charge on any atom is -0.508 e. The number of hydrogen-bond donors (Lipinski definition) is 1. The summed E-state index contributed by atoms with van der Waals surface area (Å²) >= 11 is 6.02. The average molecular weight is 277 g/mol. The molecular weight excluding hydrogens is 260 g/mol. The molecular formula is C15H17ClN2O. The number of fused-ring (bicyclic) bond motifs is 1. The molecule has 1 saturated carbocycles. The first-order valence-corrected chi connectivity index (χ1v) is 7.00. The number of phenols is 1. The number of benzene rings is 1. The Morgan fingerprint density at radius 2 is 2.16 bits per heavy atom. The second kappa shape index (κ2) is 4.89. The van der Waals surface area contributed by atoms with Crippen molar-refractivity contribution in [1.82, 2.24) is 4.98 Å². The molecule has 3 nitrogen and oxygen atoms in total. The number of phenolic OH excluding ortho intramolecular Hbond substituents is 1. The van der Waals surface area contributed by atoms with Gasteiger partial charge in [-0.2, -0.15) is 0 Å². The summed E-state index contributed by atoms with van der Waals surface area (Å²) in [6.07, 6.45) is 3.99. The Balaban J connectivity index is 1.88. The Kier molecular flexibility index (Phi) is 3.23. The molecule has 1 heterocycles. The van der Waals surface area contributed by atoms with Crippen LogP contribution < -0.4 is 4.90 Å². The molecule has 0 aliphatic heterocycles. The number of aromatic hydroxyl groups is 1. The van der Waals surface area contributed by atoms with E-state index in [2.05, 4.69) is 9.88 Å². The smallest absolute Gasteiger partial charge is 0.136 e. The van der Waals surface area contributed by atoms with Crippen molar-refractivity contribution in [2.24, 2.45) is 5.92 Å². The Morgan fingerprint density at radius 1 is 1.37 bits per heavy atom. The van der Waals surface area contributed by atoms with Gasteiger partial charge in [0.25, 0.3) is 0 Å². The largest absolute Gasteiger partial charge is 0.508 e. The van der Waals surface area contributed by atoms with Crippen LogP contribution in [-0.2, 0) is 0 Å². The SMILES string of the molecule is CN(CC1CC(Cl)C1)c1nccc2ccc(O)cc12. The summed E-state index contributed by atoms with van der Waals surface area (Å²) in [5.74, 6) is 1.85. The van der Waals surface area contributed by atoms with Crippen molar-refractivity contribution in [3.05, 3.63) is 30.5 Å². The van der Waals surface area contributed by atoms with Crippen LogP contribution in [0.1, 0.15) is 12.8 Å². The highest BCUT2D eigenvalue weighted by Crippen LogP contribution is 2.34. The van der Waals surface area contributed by atoms with Crippen molar-refractivity contribution < 1.29 is 5.11 Å². The van der Waals surface area contributed by atoms with Gasteiger partial charge in [0, 0.05) is 30.6 Å². The highest BCUT2D eigenvalue weighted by atomic mass is 35.5. The fourth-order valence-corrected chi connectivity index (χ4v) is 3.23. The van der Waals surface area contributed by atoms with Gasteiger partial charge in [-0.15, -0.1) is 11.6 Å². The predicted molar refractivity (Wildman–Crippen MR) is 79.0 cm³/mol. The molecule has 1 aromatic heterocycles. The van der Waals surface area contributed by atoms with E-state index in [-0.39, 0.29) is 5.75 Å². The van der Waals surface area contributed by atoms with Crippen LogP contribution in [0.4, 0.5) is 5.82 Å². The molecule has 2 aromatic rings. The molecule has 19 heavy (non-hydrogen) atoms. The topological polar surface area (TPSA) is 36.4 Å². The maximum Gasteiger partial charge on any atom is 0.136 e. The van der Waals surface area contributed by atoms with Gasteiger partial charge in [-0.25, -0.2) is 4.98 Å². The molecule has 1 aliphatic carbocycles. The number of aromatic nitrogens is 1. The van der Waals surface area contributed by atoms with Gasteiger partial charge in [-0.3, -0.25) is 0 Å². The fourth-order valence-electron chi connectivity index (χ4n) is 2.72. The van der Waals surface area contributed by atoms with Crippen LogP contribution in [0.5, 0.6) is 5.75 Å². The Hall–Kier alpha value is -1.48. The molecule has 3 rings (SSSR count). The van der Waals surface area contributed by atoms with Gasteiger partial charge in [0.2, 0.25) is 0 Å². The zero-order valence-electron chi connectivity index (χ0n) is 10.9. The van der Waals surface area contributed by atoms with E-state index in [4.69, 9.17) is 11.6 Å². The Morgan fingerprint density at radius 3 is 2.89 bits per heavy atom. The van der Waals surface area contributed by atoms with Crippen LogP contribution in [0.15, 0.2) is 30.5 Å². The third-order valence-electron chi connectivity index (χ3n) is 3.80. The third kappa shape index (κ3) is 2.47. The first-order chi connectivity index (χ1) is 9.13. The molecule has 4 heteroatoms. The first-order valence-electron chi connectivity index (χ1n) is 6.56. The molecule has 1 N–H and O–H groups in total. The minimum atomic E-state index is 0.277. The number of halogens is 1. The van der Waals surface area contributed by atoms with E-state index in [9.17, 15) is 5.11 Å². The first kappa shape index (κ1) is 12.5. The summed E-state index contributed by atoms with van der Waals surface area (Å²) < 4.78 is 0. The van der Waals surface area contributed by atoms with Crippen LogP contribution in [0.2, 0.25) is 0 Å². The summed E-state index contributed by atoms with van der Waals surface area (Å²) in [5.41, 5.74) is 0. The van der Waals surface area contributed by atoms with E-state index in [1.807, 2.05) is 25.4 Å². The van der Waals surface area contributed by atoms with Gasteiger partial charge < -0.3 is 10.0 Å². The van der Waals surface area contributed by atoms with Gasteiger partial charge in [-0.1, -0.05) is 6.07 Å². The Bertz CT molecular complexity index is 596. The van der Waals surface area contributed by atoms with Gasteiger partial charge in [-0.05, 0) is 42.3 Å². The van der Waals surface area contributed by atoms with Gasteiger partial charge in [0.1, 0.15) is 11.6 Å². The molecule has 0 amide bonds. The van der Waals surface area contributed by atoms with Crippen molar-refractivity contribution in [1.29, 1.82) is 0 Å². The lowest BCUT2D eigenvalue weighted by Gasteiger charge is -2.34. The lowest BCUT2D eigenvalue weighted by molar-refractivity contribution is 0.329. The lowest BCUT2D eigenvalue weighted by Crippen LogP contribution is -2.35. The quantitative estimate of drug-likeness (QED) is 0.873. The summed E-state index contributed by atoms with van der Waals surface area (Å²) in [7, 11) is 2.05. The standard InChI is InChI=1S/C15H17ClN2O/c1-18(9-10-6-12(16)7-10)15-14-8-13(19)3-2-11(14)4-5-17-15/h2-5,8,10,12,19H,6-7,9H2,1H3. The lowest BCUT2D eigenvalue weighted by atomic mass is 9.84. The molecule has 0 unspecified atom stereocenters. The molecule has 0 radical (unpaired) electrons. The van der Waals surface area contributed by atoms with Crippen LogP contribution in [-0.4, -0.2) is 29.1 Å². The minimum absolute atomic E-state index is 0.277. The van der Waals surface area contributed by atoms with Crippen molar-refractivity contribution >= 4 is 28.2 Å². The van der Waals surface area contributed by atoms with E-state index >= 15 is 0 Å². The monoisotopic (exact) mass is 276 g/mol. The van der Waals surface area contributed by atoms with E-state index in [1.165, 1.54) is 0 Å². The van der Waals surface area contributed by atoms with E-state index in [0.29, 0.717) is 11.3 Å². The van der Waals surface area contributed by atoms with Crippen LogP contribution in [0.3, 0.4) is 0 Å². The number of nitrogens with zero attached hydrogens (tertiary/aromatic N) is 2. The normalized spacial score (nSPS) is 22.2. The number of anilines is 1. The molecule has 0 spiro atoms. The molecule has 0 saturated heterocycles. The second-order valence-electron chi connectivity index (χ2n) is 5.36. The van der Waals surface area contributed by atoms with Crippen molar-refractivity contribution in [2.45, 2.75) is 18.2 Å². The van der Waals surface area contributed by atoms with Gasteiger partial charge in [0.15, 0.2) is 0 Å².